The van der Waals surface area contributed by atoms with Crippen LogP contribution in [0.15, 0.2) is 54.6 Å². The second-order valence-corrected chi connectivity index (χ2v) is 6.41. The second-order valence-electron chi connectivity index (χ2n) is 6.41. The Morgan fingerprint density at radius 2 is 1.64 bits per heavy atom. The topological polar surface area (TPSA) is 79.5 Å². The van der Waals surface area contributed by atoms with E-state index >= 15 is 0 Å². The summed E-state index contributed by atoms with van der Waals surface area (Å²) in [5, 5.41) is 8.71. The molecule has 0 saturated carbocycles. The van der Waals surface area contributed by atoms with Crippen LogP contribution in [0.3, 0.4) is 0 Å². The van der Waals surface area contributed by atoms with Gasteiger partial charge in [0.05, 0.1) is 13.2 Å². The number of ether oxygens (including phenoxy) is 1. The molecule has 0 aliphatic heterocycles. The average Bonchev–Trinajstić information content (AvgIpc) is 2.73. The molecule has 0 atom stereocenters. The smallest absolute Gasteiger partial charge is 0.251 e. The van der Waals surface area contributed by atoms with E-state index in [2.05, 4.69) is 22.9 Å². The molecule has 6 nitrogen and oxygen atoms in total. The van der Waals surface area contributed by atoms with Gasteiger partial charge >= 0.3 is 0 Å². The summed E-state index contributed by atoms with van der Waals surface area (Å²) in [5.41, 5.74) is 1.56. The molecule has 0 saturated heterocycles. The number of benzene rings is 2. The quantitative estimate of drug-likeness (QED) is 0.492. The molecule has 0 aliphatic carbocycles. The van der Waals surface area contributed by atoms with Gasteiger partial charge in [0, 0.05) is 24.3 Å². The van der Waals surface area contributed by atoms with Crippen molar-refractivity contribution in [2.75, 3.05) is 31.6 Å². The fraction of sp³-hybridized carbons (Fsp3) is 0.364. The van der Waals surface area contributed by atoms with Crippen molar-refractivity contribution in [2.24, 2.45) is 0 Å². The number of unbranched alkanes of at least 4 members (excludes halogenated alkanes) is 1. The zero-order valence-corrected chi connectivity index (χ0v) is 16.4. The summed E-state index contributed by atoms with van der Waals surface area (Å²) in [6.07, 6.45) is 2.87. The van der Waals surface area contributed by atoms with Crippen LogP contribution in [0, 0.1) is 0 Å². The van der Waals surface area contributed by atoms with E-state index in [-0.39, 0.29) is 18.4 Å². The molecule has 2 rings (SSSR count). The second kappa shape index (κ2) is 12.4. The molecule has 0 heterocycles. The SMILES string of the molecule is CCCCOc1ccc(C(=O)NCC(=O)NCCCNc2ccccc2)cc1. The van der Waals surface area contributed by atoms with Gasteiger partial charge in [0.15, 0.2) is 0 Å². The monoisotopic (exact) mass is 383 g/mol. The predicted octanol–water partition coefficient (Wildman–Crippen LogP) is 3.21. The van der Waals surface area contributed by atoms with Crippen LogP contribution in [0.4, 0.5) is 5.69 Å². The molecule has 0 unspecified atom stereocenters. The molecular formula is C22H29N3O3. The molecule has 2 aromatic rings. The van der Waals surface area contributed by atoms with Crippen LogP contribution in [0.5, 0.6) is 5.75 Å². The van der Waals surface area contributed by atoms with Gasteiger partial charge in [-0.1, -0.05) is 31.5 Å². The standard InChI is InChI=1S/C22H29N3O3/c1-2-3-16-28-20-12-10-18(11-13-20)22(27)25-17-21(26)24-15-7-14-23-19-8-5-4-6-9-19/h4-6,8-13,23H,2-3,7,14-17H2,1H3,(H,24,26)(H,25,27). The Hall–Kier alpha value is -3.02. The van der Waals surface area contributed by atoms with Crippen molar-refractivity contribution >= 4 is 17.5 Å². The van der Waals surface area contributed by atoms with E-state index in [0.717, 1.165) is 37.2 Å². The average molecular weight is 383 g/mol. The molecule has 28 heavy (non-hydrogen) atoms. The van der Waals surface area contributed by atoms with Gasteiger partial charge in [0.25, 0.3) is 5.91 Å². The van der Waals surface area contributed by atoms with Crippen molar-refractivity contribution in [2.45, 2.75) is 26.2 Å². The fourth-order valence-corrected chi connectivity index (χ4v) is 2.47. The molecule has 0 radical (unpaired) electrons. The number of para-hydroxylation sites is 1. The molecule has 2 aromatic carbocycles. The van der Waals surface area contributed by atoms with Crippen molar-refractivity contribution in [3.63, 3.8) is 0 Å². The lowest BCUT2D eigenvalue weighted by Gasteiger charge is -2.09. The molecule has 0 bridgehead atoms. The molecule has 0 spiro atoms. The zero-order chi connectivity index (χ0) is 20.0. The lowest BCUT2D eigenvalue weighted by Crippen LogP contribution is -2.37. The van der Waals surface area contributed by atoms with Gasteiger partial charge in [-0.05, 0) is 49.2 Å². The summed E-state index contributed by atoms with van der Waals surface area (Å²) in [6, 6.07) is 16.8. The highest BCUT2D eigenvalue weighted by atomic mass is 16.5. The van der Waals surface area contributed by atoms with Crippen LogP contribution in [-0.2, 0) is 4.79 Å². The zero-order valence-electron chi connectivity index (χ0n) is 16.4. The summed E-state index contributed by atoms with van der Waals surface area (Å²) >= 11 is 0. The third kappa shape index (κ3) is 8.12. The van der Waals surface area contributed by atoms with Crippen molar-refractivity contribution in [3.05, 3.63) is 60.2 Å². The maximum atomic E-state index is 12.1. The van der Waals surface area contributed by atoms with Crippen molar-refractivity contribution in [1.82, 2.24) is 10.6 Å². The molecule has 2 amide bonds. The van der Waals surface area contributed by atoms with Crippen molar-refractivity contribution < 1.29 is 14.3 Å². The maximum Gasteiger partial charge on any atom is 0.251 e. The summed E-state index contributed by atoms with van der Waals surface area (Å²) < 4.78 is 5.57. The number of hydrogen-bond acceptors (Lipinski definition) is 4. The Morgan fingerprint density at radius 1 is 0.893 bits per heavy atom. The molecule has 150 valence electrons. The van der Waals surface area contributed by atoms with Crippen LogP contribution in [0.25, 0.3) is 0 Å². The predicted molar refractivity (Wildman–Crippen MR) is 112 cm³/mol. The fourth-order valence-electron chi connectivity index (χ4n) is 2.47. The van der Waals surface area contributed by atoms with Crippen LogP contribution < -0.4 is 20.7 Å². The molecule has 0 fully saturated rings. The number of carbonyl (C=O) groups is 2. The number of carbonyl (C=O) groups excluding carboxylic acids is 2. The van der Waals surface area contributed by atoms with E-state index in [1.165, 1.54) is 0 Å². The molecule has 0 aromatic heterocycles. The lowest BCUT2D eigenvalue weighted by atomic mass is 10.2. The number of rotatable bonds is 12. The first kappa shape index (κ1) is 21.3. The maximum absolute atomic E-state index is 12.1. The highest BCUT2D eigenvalue weighted by Gasteiger charge is 2.08. The summed E-state index contributed by atoms with van der Waals surface area (Å²) in [6.45, 7) is 4.05. The largest absolute Gasteiger partial charge is 0.494 e. The van der Waals surface area contributed by atoms with Crippen molar-refractivity contribution in [1.29, 1.82) is 0 Å². The van der Waals surface area contributed by atoms with Crippen LogP contribution >= 0.6 is 0 Å². The number of nitrogens with one attached hydrogen (secondary N) is 3. The summed E-state index contributed by atoms with van der Waals surface area (Å²) in [4.78, 5) is 24.0. The number of anilines is 1. The third-order valence-electron chi connectivity index (χ3n) is 4.07. The minimum absolute atomic E-state index is 0.0420. The number of hydrogen-bond donors (Lipinski definition) is 3. The van der Waals surface area contributed by atoms with Gasteiger partial charge in [0.2, 0.25) is 5.91 Å². The molecular weight excluding hydrogens is 354 g/mol. The van der Waals surface area contributed by atoms with E-state index < -0.39 is 0 Å². The van der Waals surface area contributed by atoms with Crippen LogP contribution in [-0.4, -0.2) is 38.1 Å². The first-order chi connectivity index (χ1) is 13.7. The van der Waals surface area contributed by atoms with E-state index in [1.807, 2.05) is 30.3 Å². The van der Waals surface area contributed by atoms with Gasteiger partial charge in [-0.15, -0.1) is 0 Å². The van der Waals surface area contributed by atoms with Gasteiger partial charge in [-0.2, -0.15) is 0 Å². The minimum atomic E-state index is -0.277. The summed E-state index contributed by atoms with van der Waals surface area (Å²) in [7, 11) is 0. The number of amides is 2. The van der Waals surface area contributed by atoms with Crippen molar-refractivity contribution in [3.8, 4) is 5.75 Å². The van der Waals surface area contributed by atoms with Gasteiger partial charge < -0.3 is 20.7 Å². The Morgan fingerprint density at radius 3 is 2.36 bits per heavy atom. The first-order valence-electron chi connectivity index (χ1n) is 9.75. The normalized spacial score (nSPS) is 10.2. The Kier molecular flexibility index (Phi) is 9.41. The Labute approximate surface area is 166 Å². The minimum Gasteiger partial charge on any atom is -0.494 e. The Bertz CT molecular complexity index is 718. The first-order valence-corrected chi connectivity index (χ1v) is 9.75. The van der Waals surface area contributed by atoms with E-state index in [0.29, 0.717) is 18.7 Å². The van der Waals surface area contributed by atoms with Gasteiger partial charge in [-0.25, -0.2) is 0 Å². The van der Waals surface area contributed by atoms with E-state index in [4.69, 9.17) is 4.74 Å². The van der Waals surface area contributed by atoms with E-state index in [9.17, 15) is 9.59 Å². The highest BCUT2D eigenvalue weighted by Crippen LogP contribution is 2.12. The lowest BCUT2D eigenvalue weighted by molar-refractivity contribution is -0.120. The molecule has 3 N–H and O–H groups in total. The Balaban J connectivity index is 1.59. The molecule has 0 aliphatic rings. The van der Waals surface area contributed by atoms with Crippen LogP contribution in [0.2, 0.25) is 0 Å². The summed E-state index contributed by atoms with van der Waals surface area (Å²) in [5.74, 6) is 0.264. The molecule has 6 heteroatoms. The third-order valence-corrected chi connectivity index (χ3v) is 4.07. The van der Waals surface area contributed by atoms with Crippen LogP contribution in [0.1, 0.15) is 36.5 Å². The highest BCUT2D eigenvalue weighted by molar-refractivity contribution is 5.96. The van der Waals surface area contributed by atoms with Gasteiger partial charge in [0.1, 0.15) is 5.75 Å². The van der Waals surface area contributed by atoms with E-state index in [1.54, 1.807) is 24.3 Å². The van der Waals surface area contributed by atoms with Gasteiger partial charge in [-0.3, -0.25) is 9.59 Å².